The molecule has 1 aromatic carbocycles. The van der Waals surface area contributed by atoms with Gasteiger partial charge in [-0.3, -0.25) is 0 Å². The molecule has 0 amide bonds. The summed E-state index contributed by atoms with van der Waals surface area (Å²) >= 11 is 0. The van der Waals surface area contributed by atoms with E-state index in [2.05, 4.69) is 6.07 Å². The van der Waals surface area contributed by atoms with Gasteiger partial charge in [-0.05, 0) is 36.5 Å². The highest BCUT2D eigenvalue weighted by Crippen LogP contribution is 2.35. The summed E-state index contributed by atoms with van der Waals surface area (Å²) in [6, 6.07) is 8.77. The fourth-order valence-corrected chi connectivity index (χ4v) is 2.59. The van der Waals surface area contributed by atoms with Crippen LogP contribution in [0.15, 0.2) is 24.3 Å². The summed E-state index contributed by atoms with van der Waals surface area (Å²) in [5.74, 6) is 0.175. The SMILES string of the molecule is N#C[C@@H](c1ccc(F)cc1)C1CCCCC1. The average molecular weight is 217 g/mol. The van der Waals surface area contributed by atoms with Gasteiger partial charge in [0.05, 0.1) is 12.0 Å². The zero-order chi connectivity index (χ0) is 11.4. The van der Waals surface area contributed by atoms with Crippen LogP contribution in [0.3, 0.4) is 0 Å². The number of nitrogens with zero attached hydrogens (tertiary/aromatic N) is 1. The molecule has 2 heteroatoms. The quantitative estimate of drug-likeness (QED) is 0.734. The fraction of sp³-hybridized carbons (Fsp3) is 0.500. The fourth-order valence-electron chi connectivity index (χ4n) is 2.59. The van der Waals surface area contributed by atoms with Crippen LogP contribution in [0, 0.1) is 23.1 Å². The van der Waals surface area contributed by atoms with Crippen LogP contribution in [0.5, 0.6) is 0 Å². The van der Waals surface area contributed by atoms with Crippen LogP contribution in [0.2, 0.25) is 0 Å². The smallest absolute Gasteiger partial charge is 0.123 e. The average Bonchev–Trinajstić information content (AvgIpc) is 2.34. The molecule has 0 bridgehead atoms. The van der Waals surface area contributed by atoms with E-state index in [4.69, 9.17) is 0 Å². The topological polar surface area (TPSA) is 23.8 Å². The lowest BCUT2D eigenvalue weighted by Gasteiger charge is -2.25. The van der Waals surface area contributed by atoms with Crippen LogP contribution in [0.1, 0.15) is 43.6 Å². The minimum absolute atomic E-state index is 0.0547. The van der Waals surface area contributed by atoms with Crippen molar-refractivity contribution in [1.29, 1.82) is 5.26 Å². The maximum absolute atomic E-state index is 12.8. The van der Waals surface area contributed by atoms with Crippen LogP contribution < -0.4 is 0 Å². The van der Waals surface area contributed by atoms with Gasteiger partial charge in [0.2, 0.25) is 0 Å². The third-order valence-corrected chi connectivity index (χ3v) is 3.49. The second-order valence-corrected chi connectivity index (χ2v) is 4.56. The Hall–Kier alpha value is -1.36. The van der Waals surface area contributed by atoms with Gasteiger partial charge < -0.3 is 0 Å². The standard InChI is InChI=1S/C14H16FN/c15-13-8-6-12(7-9-13)14(10-16)11-4-2-1-3-5-11/h6-9,11,14H,1-5H2/t14-/m1/s1. The summed E-state index contributed by atoms with van der Waals surface area (Å²) in [5, 5.41) is 9.26. The van der Waals surface area contributed by atoms with Crippen molar-refractivity contribution in [2.75, 3.05) is 0 Å². The molecule has 16 heavy (non-hydrogen) atoms. The molecular weight excluding hydrogens is 201 g/mol. The highest BCUT2D eigenvalue weighted by atomic mass is 19.1. The maximum atomic E-state index is 12.8. The highest BCUT2D eigenvalue weighted by molar-refractivity contribution is 5.26. The zero-order valence-corrected chi connectivity index (χ0v) is 9.32. The summed E-state index contributed by atoms with van der Waals surface area (Å²) < 4.78 is 12.8. The zero-order valence-electron chi connectivity index (χ0n) is 9.32. The first kappa shape index (κ1) is 11.1. The minimum atomic E-state index is -0.232. The molecule has 0 heterocycles. The van der Waals surface area contributed by atoms with E-state index in [0.717, 1.165) is 18.4 Å². The van der Waals surface area contributed by atoms with Crippen molar-refractivity contribution in [3.05, 3.63) is 35.6 Å². The first-order valence-electron chi connectivity index (χ1n) is 5.96. The van der Waals surface area contributed by atoms with Crippen molar-refractivity contribution < 1.29 is 4.39 Å². The Morgan fingerprint density at radius 3 is 2.31 bits per heavy atom. The predicted molar refractivity (Wildman–Crippen MR) is 61.3 cm³/mol. The van der Waals surface area contributed by atoms with Crippen LogP contribution in [-0.2, 0) is 0 Å². The molecule has 1 nitrogen and oxygen atoms in total. The van der Waals surface area contributed by atoms with Gasteiger partial charge >= 0.3 is 0 Å². The van der Waals surface area contributed by atoms with Crippen molar-refractivity contribution in [2.45, 2.75) is 38.0 Å². The largest absolute Gasteiger partial charge is 0.207 e. The Morgan fingerprint density at radius 1 is 1.12 bits per heavy atom. The van der Waals surface area contributed by atoms with Crippen molar-refractivity contribution in [3.8, 4) is 6.07 Å². The lowest BCUT2D eigenvalue weighted by molar-refractivity contribution is 0.335. The molecule has 84 valence electrons. The van der Waals surface area contributed by atoms with Crippen LogP contribution in [0.25, 0.3) is 0 Å². The molecule has 0 aromatic heterocycles. The third kappa shape index (κ3) is 2.41. The molecule has 0 aliphatic heterocycles. The first-order valence-corrected chi connectivity index (χ1v) is 5.96. The third-order valence-electron chi connectivity index (χ3n) is 3.49. The van der Waals surface area contributed by atoms with E-state index in [-0.39, 0.29) is 11.7 Å². The number of hydrogen-bond donors (Lipinski definition) is 0. The minimum Gasteiger partial charge on any atom is -0.207 e. The van der Waals surface area contributed by atoms with Crippen LogP contribution in [-0.4, -0.2) is 0 Å². The Labute approximate surface area is 95.9 Å². The van der Waals surface area contributed by atoms with Gasteiger partial charge in [-0.2, -0.15) is 5.26 Å². The molecule has 1 atom stereocenters. The van der Waals surface area contributed by atoms with E-state index in [1.54, 1.807) is 12.1 Å². The number of halogens is 1. The van der Waals surface area contributed by atoms with Gasteiger partial charge in [0, 0.05) is 0 Å². The molecule has 0 spiro atoms. The van der Waals surface area contributed by atoms with E-state index in [1.165, 1.54) is 31.4 Å². The van der Waals surface area contributed by atoms with E-state index in [1.807, 2.05) is 0 Å². The molecule has 0 radical (unpaired) electrons. The number of hydrogen-bond acceptors (Lipinski definition) is 1. The van der Waals surface area contributed by atoms with E-state index >= 15 is 0 Å². The summed E-state index contributed by atoms with van der Waals surface area (Å²) in [6.45, 7) is 0. The Bertz CT molecular complexity index is 371. The predicted octanol–water partition coefficient (Wildman–Crippen LogP) is 4.01. The van der Waals surface area contributed by atoms with Crippen molar-refractivity contribution in [3.63, 3.8) is 0 Å². The van der Waals surface area contributed by atoms with E-state index in [0.29, 0.717) is 5.92 Å². The molecule has 1 saturated carbocycles. The Balaban J connectivity index is 2.15. The Morgan fingerprint density at radius 2 is 1.75 bits per heavy atom. The molecule has 2 rings (SSSR count). The summed E-state index contributed by atoms with van der Waals surface area (Å²) in [6.07, 6.45) is 6.01. The summed E-state index contributed by atoms with van der Waals surface area (Å²) in [7, 11) is 0. The molecule has 1 fully saturated rings. The molecular formula is C14H16FN. The lowest BCUT2D eigenvalue weighted by Crippen LogP contribution is -2.15. The molecule has 0 saturated heterocycles. The van der Waals surface area contributed by atoms with E-state index < -0.39 is 0 Å². The number of nitriles is 1. The molecule has 1 aromatic rings. The first-order chi connectivity index (χ1) is 7.81. The Kier molecular flexibility index (Phi) is 3.56. The number of rotatable bonds is 2. The van der Waals surface area contributed by atoms with E-state index in [9.17, 15) is 9.65 Å². The molecule has 0 unspecified atom stereocenters. The van der Waals surface area contributed by atoms with Crippen molar-refractivity contribution in [1.82, 2.24) is 0 Å². The van der Waals surface area contributed by atoms with Crippen molar-refractivity contribution >= 4 is 0 Å². The second-order valence-electron chi connectivity index (χ2n) is 4.56. The van der Waals surface area contributed by atoms with Crippen molar-refractivity contribution in [2.24, 2.45) is 5.92 Å². The second kappa shape index (κ2) is 5.12. The maximum Gasteiger partial charge on any atom is 0.123 e. The van der Waals surface area contributed by atoms with Gasteiger partial charge in [-0.15, -0.1) is 0 Å². The highest BCUT2D eigenvalue weighted by Gasteiger charge is 2.24. The van der Waals surface area contributed by atoms with Gasteiger partial charge in [-0.1, -0.05) is 31.4 Å². The van der Waals surface area contributed by atoms with Gasteiger partial charge in [0.1, 0.15) is 5.82 Å². The number of benzene rings is 1. The summed E-state index contributed by atoms with van der Waals surface area (Å²) in [5.41, 5.74) is 0.968. The van der Waals surface area contributed by atoms with Crippen LogP contribution in [0.4, 0.5) is 4.39 Å². The van der Waals surface area contributed by atoms with Gasteiger partial charge in [0.25, 0.3) is 0 Å². The molecule has 1 aliphatic rings. The summed E-state index contributed by atoms with van der Waals surface area (Å²) in [4.78, 5) is 0. The molecule has 0 N–H and O–H groups in total. The lowest BCUT2D eigenvalue weighted by atomic mass is 9.77. The van der Waals surface area contributed by atoms with Crippen LogP contribution >= 0.6 is 0 Å². The van der Waals surface area contributed by atoms with Gasteiger partial charge in [0.15, 0.2) is 0 Å². The monoisotopic (exact) mass is 217 g/mol. The van der Waals surface area contributed by atoms with Gasteiger partial charge in [-0.25, -0.2) is 4.39 Å². The molecule has 1 aliphatic carbocycles. The normalized spacial score (nSPS) is 19.0.